The molecule has 5 rings (SSSR count). The monoisotopic (exact) mass is 1700 g/mol. The molecule has 5 aliphatic rings. The molecule has 18 N–H and O–H groups in total. The molecule has 5 aliphatic heterocycles. The normalized spacial score (nSPS) is 29.9. The number of aliphatic hydroxyl groups is 13. The van der Waals surface area contributed by atoms with Crippen LogP contribution in [0.1, 0.15) is 215 Å². The maximum absolute atomic E-state index is 14.7. The zero-order chi connectivity index (χ0) is 87.4. The predicted molar refractivity (Wildman–Crippen MR) is 426 cm³/mol. The Morgan fingerprint density at radius 3 is 1.18 bits per heavy atom. The van der Waals surface area contributed by atoms with Crippen molar-refractivity contribution in [3.8, 4) is 0 Å². The standard InChI is InChI=1S/C78H138N6O30.C4H10/c1-46-65(96)69(100)57(41-85)111-75(46)107-33-18-11-23-53(89)37-50(21-8-15-29-80-62(93)28-36-110-78-49(4)68(99)72(103)60(44-88)114-78)73(104)82-32-16-9-22-51(74(105)81-31-14-6-7-27-64(95)84-40-54(90)39-52(84)45-106-5)38-56(91)55(83-63(94)26-13-20-35-109-77-48(3)67(98)71(102)59(43-87)113-77)24-10-17-30-79-61(92)25-12-19-34-108-76-47(2)66(97)70(101)58(42-86)112-76;1-4(2)3/h46-52,54-55,57-60,65-72,75-78,85-88,90,96-103H,6-45H2,1-5H3,(H,79,92)(H,80,93)(H,81,105)(H,82,104)(H,83,94);4H,1-3H3/t46?,47?,48?,49?,50?,51?,52-,54+,55?,57?,58?,59?,60?,65+,66+,67+,68+,69-,70-,71-,72-,75+,76+,77+,78+;/m0./s1. The van der Waals surface area contributed by atoms with Crippen LogP contribution in [-0.2, 0) is 81.0 Å². The Bertz CT molecular complexity index is 2830. The lowest BCUT2D eigenvalue weighted by molar-refractivity contribution is -0.282. The van der Waals surface area contributed by atoms with Crippen molar-refractivity contribution in [2.24, 2.45) is 41.4 Å². The van der Waals surface area contributed by atoms with E-state index in [4.69, 9.17) is 42.6 Å². The lowest BCUT2D eigenvalue weighted by Gasteiger charge is -2.40. The third kappa shape index (κ3) is 37.8. The number of Topliss-reactive ketones (excluding diaryl/α,β-unsaturated/α-hetero) is 2. The number of hydrogen-bond donors (Lipinski definition) is 18. The molecule has 0 aromatic carbocycles. The average Bonchev–Trinajstić information content (AvgIpc) is 1.15. The molecule has 5 heterocycles. The summed E-state index contributed by atoms with van der Waals surface area (Å²) in [5.41, 5.74) is 0. The molecule has 11 unspecified atom stereocenters. The molecule has 0 bridgehead atoms. The van der Waals surface area contributed by atoms with Gasteiger partial charge in [0.25, 0.3) is 0 Å². The van der Waals surface area contributed by atoms with Crippen LogP contribution in [0.15, 0.2) is 0 Å². The first kappa shape index (κ1) is 106. The summed E-state index contributed by atoms with van der Waals surface area (Å²) in [6.45, 7) is 12.6. The van der Waals surface area contributed by atoms with Gasteiger partial charge < -0.3 is 141 Å². The predicted octanol–water partition coefficient (Wildman–Crippen LogP) is -0.304. The number of aliphatic hydroxyl groups excluding tert-OH is 13. The number of β-amino-alcohol motifs (C(OH)–C–C–N with tert-alkyl or cyclic N) is 1. The van der Waals surface area contributed by atoms with E-state index in [1.165, 1.54) is 7.11 Å². The maximum Gasteiger partial charge on any atom is 0.223 e. The summed E-state index contributed by atoms with van der Waals surface area (Å²) in [5.74, 6) is -5.86. The molecule has 0 aromatic rings. The van der Waals surface area contributed by atoms with Gasteiger partial charge in [0.05, 0.1) is 88.7 Å². The van der Waals surface area contributed by atoms with E-state index in [1.54, 1.807) is 32.6 Å². The zero-order valence-electron chi connectivity index (χ0n) is 71.0. The molecular formula is C82H148N6O30. The van der Waals surface area contributed by atoms with Gasteiger partial charge in [-0.3, -0.25) is 38.4 Å². The highest BCUT2D eigenvalue weighted by Crippen LogP contribution is 2.32. The maximum atomic E-state index is 14.7. The van der Waals surface area contributed by atoms with Gasteiger partial charge in [-0.2, -0.15) is 0 Å². The fourth-order valence-corrected chi connectivity index (χ4v) is 14.8. The first-order chi connectivity index (χ1) is 56.3. The summed E-state index contributed by atoms with van der Waals surface area (Å²) in [5, 5.41) is 146. The van der Waals surface area contributed by atoms with Crippen LogP contribution in [0.2, 0.25) is 0 Å². The van der Waals surface area contributed by atoms with Crippen LogP contribution in [0, 0.1) is 41.4 Å². The van der Waals surface area contributed by atoms with Gasteiger partial charge in [0.2, 0.25) is 35.4 Å². The number of unbranched alkanes of at least 4 members (excludes halogenated alkanes) is 8. The van der Waals surface area contributed by atoms with Crippen LogP contribution >= 0.6 is 0 Å². The molecule has 36 heteroatoms. The second kappa shape index (κ2) is 58.4. The van der Waals surface area contributed by atoms with Gasteiger partial charge in [-0.1, -0.05) is 67.7 Å². The number of carbonyl (C=O) groups excluding carboxylic acids is 8. The zero-order valence-corrected chi connectivity index (χ0v) is 71.0. The molecular weight excluding hydrogens is 1550 g/mol. The first-order valence-corrected chi connectivity index (χ1v) is 43.2. The molecule has 36 nitrogen and oxygen atoms in total. The highest BCUT2D eigenvalue weighted by atomic mass is 16.7. The number of nitrogens with zero attached hydrogens (tertiary/aromatic N) is 1. The molecule has 25 atom stereocenters. The summed E-state index contributed by atoms with van der Waals surface area (Å²) < 4.78 is 51.0. The van der Waals surface area contributed by atoms with Crippen molar-refractivity contribution in [1.82, 2.24) is 31.5 Å². The van der Waals surface area contributed by atoms with Crippen molar-refractivity contribution in [1.29, 1.82) is 0 Å². The van der Waals surface area contributed by atoms with Gasteiger partial charge in [-0.15, -0.1) is 0 Å². The van der Waals surface area contributed by atoms with E-state index < -0.39 is 196 Å². The lowest BCUT2D eigenvalue weighted by atomic mass is 9.90. The van der Waals surface area contributed by atoms with Crippen LogP contribution < -0.4 is 26.6 Å². The largest absolute Gasteiger partial charge is 0.394 e. The van der Waals surface area contributed by atoms with Crippen LogP contribution in [0.4, 0.5) is 0 Å². The Labute approximate surface area is 695 Å². The third-order valence-electron chi connectivity index (χ3n) is 22.3. The molecule has 0 radical (unpaired) electrons. The van der Waals surface area contributed by atoms with Crippen LogP contribution in [0.5, 0.6) is 0 Å². The third-order valence-corrected chi connectivity index (χ3v) is 22.3. The minimum atomic E-state index is -1.31. The molecule has 686 valence electrons. The summed E-state index contributed by atoms with van der Waals surface area (Å²) in [4.78, 5) is 111. The molecule has 0 saturated carbocycles. The molecule has 0 aliphatic carbocycles. The van der Waals surface area contributed by atoms with Crippen molar-refractivity contribution >= 4 is 47.0 Å². The van der Waals surface area contributed by atoms with E-state index in [9.17, 15) is 105 Å². The van der Waals surface area contributed by atoms with Crippen molar-refractivity contribution in [2.75, 3.05) is 99.3 Å². The van der Waals surface area contributed by atoms with Gasteiger partial charge >= 0.3 is 0 Å². The van der Waals surface area contributed by atoms with E-state index in [0.717, 1.165) is 5.92 Å². The van der Waals surface area contributed by atoms with Gasteiger partial charge in [0.15, 0.2) is 30.9 Å². The Balaban J connectivity index is 0.00000715. The number of likely N-dealkylation sites (tertiary alicyclic amines) is 1. The highest BCUT2D eigenvalue weighted by molar-refractivity contribution is 5.92. The number of ether oxygens (including phenoxy) is 9. The van der Waals surface area contributed by atoms with Crippen molar-refractivity contribution < 1.29 is 147 Å². The van der Waals surface area contributed by atoms with Crippen molar-refractivity contribution in [3.63, 3.8) is 0 Å². The number of rotatable bonds is 57. The van der Waals surface area contributed by atoms with Crippen LogP contribution in [0.3, 0.4) is 0 Å². The number of amides is 6. The Kier molecular flexibility index (Phi) is 52.3. The topological polar surface area (TPSA) is 546 Å². The molecule has 0 spiro atoms. The summed E-state index contributed by atoms with van der Waals surface area (Å²) in [7, 11) is 1.54. The Hall–Kier alpha value is -4.72. The average molecular weight is 1700 g/mol. The fraction of sp³-hybridized carbons (Fsp3) is 0.902. The quantitative estimate of drug-likeness (QED) is 0.0348. The molecule has 5 fully saturated rings. The van der Waals surface area contributed by atoms with Gasteiger partial charge in [-0.05, 0) is 109 Å². The second-order valence-corrected chi connectivity index (χ2v) is 33.2. The number of hydrogen-bond acceptors (Lipinski definition) is 30. The molecule has 5 saturated heterocycles. The molecule has 6 amide bonds. The Morgan fingerprint density at radius 1 is 0.407 bits per heavy atom. The van der Waals surface area contributed by atoms with Gasteiger partial charge in [-0.25, -0.2) is 0 Å². The smallest absolute Gasteiger partial charge is 0.223 e. The van der Waals surface area contributed by atoms with Gasteiger partial charge in [0, 0.05) is 134 Å². The van der Waals surface area contributed by atoms with Crippen molar-refractivity contribution in [2.45, 2.75) is 332 Å². The van der Waals surface area contributed by atoms with E-state index in [-0.39, 0.29) is 153 Å². The molecule has 118 heavy (non-hydrogen) atoms. The van der Waals surface area contributed by atoms with E-state index in [1.807, 2.05) is 0 Å². The number of carbonyl (C=O) groups is 8. The van der Waals surface area contributed by atoms with Crippen LogP contribution in [-0.4, -0.2) is 334 Å². The molecule has 0 aromatic heterocycles. The van der Waals surface area contributed by atoms with Crippen LogP contribution in [0.25, 0.3) is 0 Å². The second-order valence-electron chi connectivity index (χ2n) is 33.2. The summed E-state index contributed by atoms with van der Waals surface area (Å²) >= 11 is 0. The number of methoxy groups -OCH3 is 1. The van der Waals surface area contributed by atoms with Gasteiger partial charge in [0.1, 0.15) is 54.6 Å². The minimum Gasteiger partial charge on any atom is -0.394 e. The van der Waals surface area contributed by atoms with Crippen molar-refractivity contribution in [3.05, 3.63) is 0 Å². The fourth-order valence-electron chi connectivity index (χ4n) is 14.8. The lowest BCUT2D eigenvalue weighted by Crippen LogP contribution is -2.55. The summed E-state index contributed by atoms with van der Waals surface area (Å²) in [6.07, 6.45) is -11.1. The minimum absolute atomic E-state index is 0.0254. The van der Waals surface area contributed by atoms with E-state index in [2.05, 4.69) is 47.4 Å². The SMILES string of the molecule is CC(C)C.COC[C@@H]1C[C@@H](O)CN1C(=O)CCCCCNC(=O)C(CCCCNC(=O)C(CCCCNC(=O)CCO[C@@H]1OC(CO)[C@H](O)[C@H](O)C1C)CC(=O)CCCCO[C@@H]1OC(CO)[C@H](O)[C@H](O)C1C)CC(=O)C(CCCCNC(=O)CCCCO[C@@H]1OC(CO)[C@H](O)[C@H](O)C1C)NC(=O)CCCCO[C@@H]1OC(CO)[C@H](O)[C@H](O)C1C. The summed E-state index contributed by atoms with van der Waals surface area (Å²) in [6, 6.07) is -1.28. The Morgan fingerprint density at radius 2 is 0.763 bits per heavy atom. The first-order valence-electron chi connectivity index (χ1n) is 43.2. The van der Waals surface area contributed by atoms with E-state index in [0.29, 0.717) is 109 Å². The highest BCUT2D eigenvalue weighted by Gasteiger charge is 2.46. The van der Waals surface area contributed by atoms with E-state index >= 15 is 0 Å². The number of nitrogens with one attached hydrogen (secondary N) is 5. The number of ketones is 2.